The average Bonchev–Trinajstić information content (AvgIpc) is 2.26. The van der Waals surface area contributed by atoms with E-state index in [4.69, 9.17) is 10.5 Å². The first kappa shape index (κ1) is 13.7. The van der Waals surface area contributed by atoms with Crippen LogP contribution in [0, 0.1) is 0 Å². The molecule has 0 spiro atoms. The monoisotopic (exact) mass is 312 g/mol. The molecule has 2 rings (SSSR count). The van der Waals surface area contributed by atoms with Gasteiger partial charge in [-0.2, -0.15) is 0 Å². The van der Waals surface area contributed by atoms with Crippen molar-refractivity contribution in [2.75, 3.05) is 23.7 Å². The quantitative estimate of drug-likeness (QED) is 0.852. The molecule has 0 bridgehead atoms. The maximum absolute atomic E-state index is 5.91. The van der Waals surface area contributed by atoms with Crippen LogP contribution in [0.15, 0.2) is 16.6 Å². The van der Waals surface area contributed by atoms with Crippen LogP contribution in [-0.4, -0.2) is 25.3 Å². The summed E-state index contributed by atoms with van der Waals surface area (Å²) in [6.07, 6.45) is 1.52. The molecule has 4 heteroatoms. The van der Waals surface area contributed by atoms with E-state index in [0.717, 1.165) is 29.7 Å². The molecule has 100 valence electrons. The molecule has 3 nitrogen and oxygen atoms in total. The summed E-state index contributed by atoms with van der Waals surface area (Å²) >= 11 is 3.65. The number of rotatable bonds is 2. The van der Waals surface area contributed by atoms with Crippen molar-refractivity contribution < 1.29 is 4.74 Å². The van der Waals surface area contributed by atoms with E-state index in [1.807, 2.05) is 6.07 Å². The fourth-order valence-electron chi connectivity index (χ4n) is 2.66. The predicted octanol–water partition coefficient (Wildman–Crippen LogP) is 3.21. The molecule has 0 unspecified atom stereocenters. The van der Waals surface area contributed by atoms with E-state index in [1.165, 1.54) is 11.3 Å². The van der Waals surface area contributed by atoms with Gasteiger partial charge in [-0.05, 0) is 53.9 Å². The normalized spacial score (nSPS) is 24.3. The number of nitrogens with two attached hydrogens (primary N) is 1. The molecule has 0 radical (unpaired) electrons. The van der Waals surface area contributed by atoms with Gasteiger partial charge in [0.15, 0.2) is 0 Å². The lowest BCUT2D eigenvalue weighted by atomic mass is 10.1. The summed E-state index contributed by atoms with van der Waals surface area (Å²) in [5.74, 6) is 0. The molecule has 0 aromatic heterocycles. The van der Waals surface area contributed by atoms with Gasteiger partial charge in [-0.3, -0.25) is 0 Å². The van der Waals surface area contributed by atoms with Crippen LogP contribution in [0.1, 0.15) is 26.3 Å². The lowest BCUT2D eigenvalue weighted by Crippen LogP contribution is -2.46. The zero-order valence-corrected chi connectivity index (χ0v) is 12.8. The molecule has 1 saturated heterocycles. The van der Waals surface area contributed by atoms with Crippen molar-refractivity contribution in [1.82, 2.24) is 0 Å². The maximum atomic E-state index is 5.91. The summed E-state index contributed by atoms with van der Waals surface area (Å²) in [5, 5.41) is 0. The van der Waals surface area contributed by atoms with Crippen molar-refractivity contribution in [2.24, 2.45) is 0 Å². The van der Waals surface area contributed by atoms with Crippen LogP contribution < -0.4 is 10.6 Å². The van der Waals surface area contributed by atoms with Crippen LogP contribution in [0.5, 0.6) is 0 Å². The summed E-state index contributed by atoms with van der Waals surface area (Å²) in [7, 11) is 0. The van der Waals surface area contributed by atoms with Crippen molar-refractivity contribution in [2.45, 2.75) is 39.4 Å². The number of anilines is 2. The molecule has 1 heterocycles. The third-order valence-corrected chi connectivity index (χ3v) is 3.89. The molecular weight excluding hydrogens is 292 g/mol. The van der Waals surface area contributed by atoms with Gasteiger partial charge in [-0.25, -0.2) is 0 Å². The van der Waals surface area contributed by atoms with E-state index in [-0.39, 0.29) is 12.2 Å². The highest BCUT2D eigenvalue weighted by molar-refractivity contribution is 9.10. The van der Waals surface area contributed by atoms with Gasteiger partial charge in [-0.15, -0.1) is 0 Å². The van der Waals surface area contributed by atoms with E-state index >= 15 is 0 Å². The summed E-state index contributed by atoms with van der Waals surface area (Å²) in [4.78, 5) is 2.40. The minimum atomic E-state index is 0.267. The fourth-order valence-corrected chi connectivity index (χ4v) is 3.43. The van der Waals surface area contributed by atoms with Crippen molar-refractivity contribution in [3.05, 3.63) is 22.2 Å². The molecule has 2 atom stereocenters. The van der Waals surface area contributed by atoms with Crippen LogP contribution in [0.2, 0.25) is 0 Å². The molecule has 0 aliphatic carbocycles. The van der Waals surface area contributed by atoms with Crippen molar-refractivity contribution in [3.8, 4) is 0 Å². The summed E-state index contributed by atoms with van der Waals surface area (Å²) in [5.41, 5.74) is 9.30. The minimum Gasteiger partial charge on any atom is -0.399 e. The Morgan fingerprint density at radius 3 is 2.50 bits per heavy atom. The Bertz CT molecular complexity index is 426. The number of nitrogen functional groups attached to an aromatic ring is 1. The Morgan fingerprint density at radius 1 is 1.33 bits per heavy atom. The zero-order chi connectivity index (χ0) is 13.3. The zero-order valence-electron chi connectivity index (χ0n) is 11.2. The highest BCUT2D eigenvalue weighted by Gasteiger charge is 2.25. The second-order valence-corrected chi connectivity index (χ2v) is 5.88. The van der Waals surface area contributed by atoms with Crippen molar-refractivity contribution >= 4 is 27.3 Å². The summed E-state index contributed by atoms with van der Waals surface area (Å²) < 4.78 is 6.88. The number of hydrogen-bond acceptors (Lipinski definition) is 3. The van der Waals surface area contributed by atoms with Gasteiger partial charge in [0.25, 0.3) is 0 Å². The first-order valence-electron chi connectivity index (χ1n) is 6.49. The van der Waals surface area contributed by atoms with Crippen molar-refractivity contribution in [1.29, 1.82) is 0 Å². The van der Waals surface area contributed by atoms with Gasteiger partial charge in [-0.1, -0.05) is 6.92 Å². The van der Waals surface area contributed by atoms with Gasteiger partial charge >= 0.3 is 0 Å². The van der Waals surface area contributed by atoms with Crippen LogP contribution in [0.4, 0.5) is 11.4 Å². The largest absolute Gasteiger partial charge is 0.399 e. The smallest absolute Gasteiger partial charge is 0.0726 e. The number of aryl methyl sites for hydroxylation is 1. The Kier molecular flexibility index (Phi) is 4.17. The Hall–Kier alpha value is -0.740. The van der Waals surface area contributed by atoms with Crippen molar-refractivity contribution in [3.63, 3.8) is 0 Å². The number of benzene rings is 1. The predicted molar refractivity (Wildman–Crippen MR) is 80.2 cm³/mol. The van der Waals surface area contributed by atoms with E-state index in [0.29, 0.717) is 0 Å². The number of morpholine rings is 1. The molecule has 1 aromatic rings. The third-order valence-electron chi connectivity index (χ3n) is 3.28. The average molecular weight is 313 g/mol. The molecule has 1 aromatic carbocycles. The molecule has 18 heavy (non-hydrogen) atoms. The SMILES string of the molecule is CCc1cc(N)cc(Br)c1N1C[C@@H](C)O[C@@H](C)C1. The van der Waals surface area contributed by atoms with Gasteiger partial charge in [0.1, 0.15) is 0 Å². The summed E-state index contributed by atoms with van der Waals surface area (Å²) in [6, 6.07) is 4.06. The van der Waals surface area contributed by atoms with E-state index in [9.17, 15) is 0 Å². The topological polar surface area (TPSA) is 38.5 Å². The van der Waals surface area contributed by atoms with Gasteiger partial charge in [0.05, 0.1) is 17.9 Å². The second kappa shape index (κ2) is 5.49. The van der Waals surface area contributed by atoms with Crippen LogP contribution in [0.25, 0.3) is 0 Å². The highest BCUT2D eigenvalue weighted by atomic mass is 79.9. The molecule has 0 saturated carbocycles. The van der Waals surface area contributed by atoms with E-state index in [2.05, 4.69) is 47.7 Å². The number of nitrogens with zero attached hydrogens (tertiary/aromatic N) is 1. The van der Waals surface area contributed by atoms with Crippen LogP contribution in [0.3, 0.4) is 0 Å². The Morgan fingerprint density at radius 2 is 1.94 bits per heavy atom. The van der Waals surface area contributed by atoms with E-state index in [1.54, 1.807) is 0 Å². The first-order chi connectivity index (χ1) is 8.51. The maximum Gasteiger partial charge on any atom is 0.0726 e. The van der Waals surface area contributed by atoms with Gasteiger partial charge < -0.3 is 15.4 Å². The van der Waals surface area contributed by atoms with Gasteiger partial charge in [0.2, 0.25) is 0 Å². The standard InChI is InChI=1S/C14H21BrN2O/c1-4-11-5-12(16)6-13(15)14(11)17-7-9(2)18-10(3)8-17/h5-6,9-10H,4,7-8,16H2,1-3H3/t9-,10+. The fraction of sp³-hybridized carbons (Fsp3) is 0.571. The molecule has 1 aliphatic rings. The van der Waals surface area contributed by atoms with Gasteiger partial charge in [0, 0.05) is 23.2 Å². The Labute approximate surface area is 117 Å². The lowest BCUT2D eigenvalue weighted by Gasteiger charge is -2.38. The lowest BCUT2D eigenvalue weighted by molar-refractivity contribution is -0.00529. The molecule has 1 aliphatic heterocycles. The third kappa shape index (κ3) is 2.81. The molecular formula is C14H21BrN2O. The highest BCUT2D eigenvalue weighted by Crippen LogP contribution is 2.34. The first-order valence-corrected chi connectivity index (χ1v) is 7.28. The van der Waals surface area contributed by atoms with Crippen LogP contribution in [-0.2, 0) is 11.2 Å². The Balaban J connectivity index is 2.37. The second-order valence-electron chi connectivity index (χ2n) is 5.03. The number of hydrogen-bond donors (Lipinski definition) is 1. The molecule has 1 fully saturated rings. The molecule has 2 N–H and O–H groups in total. The number of ether oxygens (including phenoxy) is 1. The van der Waals surface area contributed by atoms with Crippen LogP contribution >= 0.6 is 15.9 Å². The minimum absolute atomic E-state index is 0.267. The molecule has 0 amide bonds. The number of halogens is 1. The van der Waals surface area contributed by atoms with E-state index < -0.39 is 0 Å². The summed E-state index contributed by atoms with van der Waals surface area (Å²) in [6.45, 7) is 8.27.